The second-order valence-electron chi connectivity index (χ2n) is 6.06. The highest BCUT2D eigenvalue weighted by Crippen LogP contribution is 2.63. The maximum atomic E-state index is 13.5. The monoisotopic (exact) mass is 294 g/mol. The summed E-state index contributed by atoms with van der Waals surface area (Å²) in [5.74, 6) is -1.01. The van der Waals surface area contributed by atoms with E-state index in [4.69, 9.17) is 0 Å². The predicted octanol–water partition coefficient (Wildman–Crippen LogP) is 4.53. The Balaban J connectivity index is 2.17. The molecule has 0 unspecified atom stereocenters. The lowest BCUT2D eigenvalue weighted by Gasteiger charge is -2.45. The molecular formula is C17H17F3O. The van der Waals surface area contributed by atoms with E-state index in [1.165, 1.54) is 6.08 Å². The molecule has 0 N–H and O–H groups in total. The van der Waals surface area contributed by atoms with Gasteiger partial charge in [0.2, 0.25) is 0 Å². The van der Waals surface area contributed by atoms with E-state index < -0.39 is 23.1 Å². The SMILES string of the molecule is C=CCC[C@@H]1C(=O)C(C)=C2C[C@@H]3C=C[C@@]21C(C(F)(F)F)=C3. The van der Waals surface area contributed by atoms with Crippen LogP contribution < -0.4 is 0 Å². The van der Waals surface area contributed by atoms with E-state index in [2.05, 4.69) is 6.58 Å². The van der Waals surface area contributed by atoms with E-state index in [-0.39, 0.29) is 11.7 Å². The summed E-state index contributed by atoms with van der Waals surface area (Å²) in [5, 5.41) is 0. The standard InChI is InChI=1S/C17H17F3O/c1-3-4-5-12-15(21)10(2)13-8-11-6-7-16(12,13)14(9-11)17(18,19)20/h3,6-7,9,11-12H,1,4-5,8H2,2H3/t11-,12+,16-/m0/s1. The van der Waals surface area contributed by atoms with Gasteiger partial charge in [0.15, 0.2) is 5.78 Å². The summed E-state index contributed by atoms with van der Waals surface area (Å²) in [5.41, 5.74) is -0.572. The van der Waals surface area contributed by atoms with Crippen LogP contribution in [0.25, 0.3) is 0 Å². The average Bonchev–Trinajstić information content (AvgIpc) is 2.65. The highest BCUT2D eigenvalue weighted by molar-refractivity contribution is 6.03. The van der Waals surface area contributed by atoms with Gasteiger partial charge in [-0.1, -0.05) is 24.3 Å². The minimum Gasteiger partial charge on any atom is -0.294 e. The molecule has 1 nitrogen and oxygen atoms in total. The molecule has 0 aliphatic heterocycles. The van der Waals surface area contributed by atoms with Crippen molar-refractivity contribution in [3.05, 3.63) is 47.6 Å². The van der Waals surface area contributed by atoms with Gasteiger partial charge in [-0.15, -0.1) is 6.58 Å². The first-order valence-corrected chi connectivity index (χ1v) is 7.16. The van der Waals surface area contributed by atoms with Crippen LogP contribution in [0, 0.1) is 17.3 Å². The van der Waals surface area contributed by atoms with Gasteiger partial charge in [0, 0.05) is 16.9 Å². The molecule has 4 aliphatic rings. The molecule has 0 fully saturated rings. The van der Waals surface area contributed by atoms with Crippen molar-refractivity contribution in [2.24, 2.45) is 17.3 Å². The van der Waals surface area contributed by atoms with Crippen LogP contribution in [0.2, 0.25) is 0 Å². The third-order valence-corrected chi connectivity index (χ3v) is 5.03. The highest BCUT2D eigenvalue weighted by Gasteiger charge is 2.61. The molecule has 112 valence electrons. The van der Waals surface area contributed by atoms with Crippen molar-refractivity contribution < 1.29 is 18.0 Å². The molecule has 3 atom stereocenters. The van der Waals surface area contributed by atoms with E-state index in [1.807, 2.05) is 6.08 Å². The van der Waals surface area contributed by atoms with Gasteiger partial charge in [0.1, 0.15) is 0 Å². The second-order valence-corrected chi connectivity index (χ2v) is 6.06. The Morgan fingerprint density at radius 2 is 2.19 bits per heavy atom. The van der Waals surface area contributed by atoms with Crippen molar-refractivity contribution in [1.29, 1.82) is 0 Å². The summed E-state index contributed by atoms with van der Waals surface area (Å²) in [4.78, 5) is 12.5. The molecule has 4 aliphatic carbocycles. The molecule has 0 aromatic rings. The topological polar surface area (TPSA) is 17.1 Å². The third-order valence-electron chi connectivity index (χ3n) is 5.03. The van der Waals surface area contributed by atoms with Gasteiger partial charge in [-0.3, -0.25) is 4.79 Å². The summed E-state index contributed by atoms with van der Waals surface area (Å²) in [6.07, 6.45) is 3.53. The maximum Gasteiger partial charge on any atom is 0.413 e. The number of carbonyl (C=O) groups excluding carboxylic acids is 1. The average molecular weight is 294 g/mol. The first-order valence-electron chi connectivity index (χ1n) is 7.16. The number of rotatable bonds is 3. The third kappa shape index (κ3) is 1.81. The lowest BCUT2D eigenvalue weighted by atomic mass is 9.58. The first kappa shape index (κ1) is 14.4. The zero-order valence-electron chi connectivity index (χ0n) is 11.8. The van der Waals surface area contributed by atoms with Crippen molar-refractivity contribution >= 4 is 5.78 Å². The fourth-order valence-electron chi connectivity index (χ4n) is 4.13. The highest BCUT2D eigenvalue weighted by atomic mass is 19.4. The number of alkyl halides is 3. The van der Waals surface area contributed by atoms with E-state index in [1.54, 1.807) is 19.1 Å². The van der Waals surface area contributed by atoms with Crippen molar-refractivity contribution in [1.82, 2.24) is 0 Å². The van der Waals surface area contributed by atoms with E-state index in [0.29, 0.717) is 30.4 Å². The van der Waals surface area contributed by atoms with Crippen LogP contribution in [0.5, 0.6) is 0 Å². The van der Waals surface area contributed by atoms with Gasteiger partial charge in [-0.25, -0.2) is 0 Å². The number of halogens is 3. The summed E-state index contributed by atoms with van der Waals surface area (Å²) in [6, 6.07) is 0. The summed E-state index contributed by atoms with van der Waals surface area (Å²) in [6.45, 7) is 5.29. The normalized spacial score (nSPS) is 34.3. The minimum absolute atomic E-state index is 0.130. The minimum atomic E-state index is -4.40. The maximum absolute atomic E-state index is 13.5. The fourth-order valence-corrected chi connectivity index (χ4v) is 4.13. The van der Waals surface area contributed by atoms with Crippen LogP contribution in [0.3, 0.4) is 0 Å². The summed E-state index contributed by atoms with van der Waals surface area (Å²) in [7, 11) is 0. The zero-order valence-corrected chi connectivity index (χ0v) is 11.8. The molecule has 1 spiro atoms. The van der Waals surface area contributed by atoms with Crippen molar-refractivity contribution in [2.45, 2.75) is 32.4 Å². The van der Waals surface area contributed by atoms with Gasteiger partial charge in [0.25, 0.3) is 0 Å². The summed E-state index contributed by atoms with van der Waals surface area (Å²) < 4.78 is 40.6. The number of Topliss-reactive ketones (excluding diaryl/α,β-unsaturated/α-hetero) is 1. The van der Waals surface area contributed by atoms with Crippen molar-refractivity contribution in [3.63, 3.8) is 0 Å². The molecule has 0 amide bonds. The van der Waals surface area contributed by atoms with Crippen LogP contribution in [-0.2, 0) is 4.79 Å². The number of hydrogen-bond acceptors (Lipinski definition) is 1. The lowest BCUT2D eigenvalue weighted by molar-refractivity contribution is -0.123. The Morgan fingerprint density at radius 1 is 1.48 bits per heavy atom. The van der Waals surface area contributed by atoms with Gasteiger partial charge >= 0.3 is 6.18 Å². The fraction of sp³-hybridized carbons (Fsp3) is 0.471. The van der Waals surface area contributed by atoms with Gasteiger partial charge in [-0.2, -0.15) is 13.2 Å². The molecule has 0 saturated heterocycles. The van der Waals surface area contributed by atoms with E-state index in [9.17, 15) is 18.0 Å². The Morgan fingerprint density at radius 3 is 2.81 bits per heavy atom. The molecule has 0 heterocycles. The Hall–Kier alpha value is -1.58. The van der Waals surface area contributed by atoms with Gasteiger partial charge in [-0.05, 0) is 43.3 Å². The molecule has 4 rings (SSSR count). The van der Waals surface area contributed by atoms with Gasteiger partial charge in [0.05, 0.1) is 0 Å². The molecule has 0 aromatic heterocycles. The predicted molar refractivity (Wildman–Crippen MR) is 74.4 cm³/mol. The number of carbonyl (C=O) groups is 1. The Bertz CT molecular complexity index is 606. The van der Waals surface area contributed by atoms with Crippen molar-refractivity contribution in [2.75, 3.05) is 0 Å². The number of hydrogen-bond donors (Lipinski definition) is 0. The zero-order chi connectivity index (χ0) is 15.4. The molecule has 2 bridgehead atoms. The molecule has 0 saturated carbocycles. The van der Waals surface area contributed by atoms with Crippen LogP contribution in [0.15, 0.2) is 47.6 Å². The Labute approximate surface area is 121 Å². The second kappa shape index (κ2) is 4.46. The molecule has 0 aromatic carbocycles. The first-order chi connectivity index (χ1) is 9.82. The quantitative estimate of drug-likeness (QED) is 0.699. The van der Waals surface area contributed by atoms with Crippen LogP contribution >= 0.6 is 0 Å². The van der Waals surface area contributed by atoms with Crippen LogP contribution in [0.4, 0.5) is 13.2 Å². The molecule has 4 heteroatoms. The lowest BCUT2D eigenvalue weighted by Crippen LogP contribution is -2.42. The molecule has 0 radical (unpaired) electrons. The smallest absolute Gasteiger partial charge is 0.294 e. The number of allylic oxidation sites excluding steroid dienone is 7. The summed E-state index contributed by atoms with van der Waals surface area (Å²) >= 11 is 0. The Kier molecular flexibility index (Phi) is 3.05. The van der Waals surface area contributed by atoms with Crippen LogP contribution in [-0.4, -0.2) is 12.0 Å². The van der Waals surface area contributed by atoms with E-state index in [0.717, 1.165) is 0 Å². The van der Waals surface area contributed by atoms with Crippen LogP contribution in [0.1, 0.15) is 26.2 Å². The van der Waals surface area contributed by atoms with E-state index >= 15 is 0 Å². The molecule has 21 heavy (non-hydrogen) atoms. The number of ketones is 1. The molecular weight excluding hydrogens is 277 g/mol. The largest absolute Gasteiger partial charge is 0.413 e. The van der Waals surface area contributed by atoms with Gasteiger partial charge < -0.3 is 0 Å². The van der Waals surface area contributed by atoms with Crippen molar-refractivity contribution in [3.8, 4) is 0 Å².